The molecule has 0 aliphatic carbocycles. The summed E-state index contributed by atoms with van der Waals surface area (Å²) in [4.78, 5) is 57.4. The molecule has 4 atom stereocenters. The van der Waals surface area contributed by atoms with Crippen LogP contribution in [0.3, 0.4) is 0 Å². The molecular weight excluding hydrogens is 518 g/mol. The van der Waals surface area contributed by atoms with Crippen LogP contribution in [-0.2, 0) is 19.2 Å². The fourth-order valence-electron chi connectivity index (χ4n) is 5.76. The van der Waals surface area contributed by atoms with E-state index in [9.17, 15) is 19.2 Å². The van der Waals surface area contributed by atoms with Gasteiger partial charge in [-0.15, -0.1) is 0 Å². The van der Waals surface area contributed by atoms with Crippen LogP contribution in [-0.4, -0.2) is 77.7 Å². The lowest BCUT2D eigenvalue weighted by atomic mass is 9.98. The molecule has 0 saturated carbocycles. The average molecular weight is 562 g/mol. The van der Waals surface area contributed by atoms with E-state index in [-0.39, 0.29) is 48.2 Å². The van der Waals surface area contributed by atoms with E-state index in [1.807, 2.05) is 74.5 Å². The first-order valence-corrected chi connectivity index (χ1v) is 14.7. The number of fused-ring (bicyclic) bond motifs is 1. The van der Waals surface area contributed by atoms with Gasteiger partial charge in [0.2, 0.25) is 23.6 Å². The Kier molecular flexibility index (Phi) is 10.2. The molecule has 41 heavy (non-hydrogen) atoms. The van der Waals surface area contributed by atoms with Gasteiger partial charge in [-0.2, -0.15) is 0 Å². The minimum atomic E-state index is -0.940. The molecule has 9 nitrogen and oxygen atoms in total. The van der Waals surface area contributed by atoms with E-state index in [1.165, 1.54) is 0 Å². The van der Waals surface area contributed by atoms with E-state index >= 15 is 0 Å². The number of hydrogen-bond donors (Lipinski definition) is 3. The molecule has 2 fully saturated rings. The summed E-state index contributed by atoms with van der Waals surface area (Å²) in [5.74, 6) is -0.710. The number of rotatable bonds is 9. The second kappa shape index (κ2) is 13.8. The van der Waals surface area contributed by atoms with E-state index < -0.39 is 18.1 Å². The SMILES string of the molecule is CN[C@@H](C)C(=O)NC1CN(C(=O)CC(C)C)CCC2CCC(C(=O)NC(c3ccccc3)c3ccccc3)N2C1=O. The van der Waals surface area contributed by atoms with Crippen LogP contribution in [0, 0.1) is 5.92 Å². The summed E-state index contributed by atoms with van der Waals surface area (Å²) >= 11 is 0. The zero-order valence-electron chi connectivity index (χ0n) is 24.5. The summed E-state index contributed by atoms with van der Waals surface area (Å²) in [5.41, 5.74) is 1.90. The van der Waals surface area contributed by atoms with Gasteiger partial charge < -0.3 is 25.8 Å². The van der Waals surface area contributed by atoms with Crippen LogP contribution in [0.4, 0.5) is 0 Å². The maximum atomic E-state index is 14.1. The van der Waals surface area contributed by atoms with E-state index in [1.54, 1.807) is 23.8 Å². The highest BCUT2D eigenvalue weighted by Gasteiger charge is 2.46. The van der Waals surface area contributed by atoms with Gasteiger partial charge in [-0.3, -0.25) is 19.2 Å². The first kappa shape index (κ1) is 30.2. The average Bonchev–Trinajstić information content (AvgIpc) is 3.39. The van der Waals surface area contributed by atoms with Crippen molar-refractivity contribution in [2.45, 2.75) is 76.7 Å². The predicted molar refractivity (Wildman–Crippen MR) is 158 cm³/mol. The minimum Gasteiger partial charge on any atom is -0.343 e. The van der Waals surface area contributed by atoms with Gasteiger partial charge in [0.1, 0.15) is 12.1 Å². The quantitative estimate of drug-likeness (QED) is 0.436. The molecule has 9 heteroatoms. The molecule has 3 N–H and O–H groups in total. The van der Waals surface area contributed by atoms with Crippen molar-refractivity contribution in [1.29, 1.82) is 0 Å². The molecule has 3 unspecified atom stereocenters. The topological polar surface area (TPSA) is 111 Å². The van der Waals surface area contributed by atoms with Gasteiger partial charge in [0.15, 0.2) is 0 Å². The molecule has 4 rings (SSSR count). The molecule has 220 valence electrons. The van der Waals surface area contributed by atoms with E-state index in [0.29, 0.717) is 32.2 Å². The Hall–Kier alpha value is -3.72. The number of carbonyl (C=O) groups is 4. The molecule has 4 amide bonds. The number of benzene rings is 2. The predicted octanol–water partition coefficient (Wildman–Crippen LogP) is 2.62. The van der Waals surface area contributed by atoms with Gasteiger partial charge in [0.25, 0.3) is 0 Å². The highest BCUT2D eigenvalue weighted by atomic mass is 16.2. The molecule has 2 heterocycles. The van der Waals surface area contributed by atoms with Crippen LogP contribution in [0.25, 0.3) is 0 Å². The third kappa shape index (κ3) is 7.33. The Morgan fingerprint density at radius 2 is 1.51 bits per heavy atom. The van der Waals surface area contributed by atoms with Gasteiger partial charge in [-0.25, -0.2) is 0 Å². The van der Waals surface area contributed by atoms with Gasteiger partial charge >= 0.3 is 0 Å². The molecule has 2 aliphatic rings. The van der Waals surface area contributed by atoms with E-state index in [0.717, 1.165) is 11.1 Å². The number of amides is 4. The summed E-state index contributed by atoms with van der Waals surface area (Å²) in [6.07, 6.45) is 2.15. The van der Waals surface area contributed by atoms with Crippen LogP contribution >= 0.6 is 0 Å². The van der Waals surface area contributed by atoms with Crippen LogP contribution in [0.15, 0.2) is 60.7 Å². The zero-order valence-corrected chi connectivity index (χ0v) is 24.5. The van der Waals surface area contributed by atoms with Crippen molar-refractivity contribution in [2.75, 3.05) is 20.1 Å². The normalized spacial score (nSPS) is 21.7. The third-order valence-electron chi connectivity index (χ3n) is 8.12. The summed E-state index contributed by atoms with van der Waals surface area (Å²) in [5, 5.41) is 8.99. The Balaban J connectivity index is 1.60. The highest BCUT2D eigenvalue weighted by molar-refractivity contribution is 5.94. The standard InChI is InChI=1S/C32H43N5O4/c1-21(2)19-28(38)36-18-17-25-15-16-27(37(25)32(41)26(20-36)34-30(39)22(3)33-4)31(40)35-29(23-11-7-5-8-12-23)24-13-9-6-10-14-24/h5-14,21-22,25-27,29,33H,15-20H2,1-4H3,(H,34,39)(H,35,40)/t22-,25?,26?,27?/m0/s1. The summed E-state index contributed by atoms with van der Waals surface area (Å²) in [7, 11) is 1.68. The number of hydrogen-bond acceptors (Lipinski definition) is 5. The monoisotopic (exact) mass is 561 g/mol. The van der Waals surface area contributed by atoms with Crippen molar-refractivity contribution in [3.8, 4) is 0 Å². The van der Waals surface area contributed by atoms with Crippen molar-refractivity contribution < 1.29 is 19.2 Å². The van der Waals surface area contributed by atoms with Gasteiger partial charge in [0, 0.05) is 25.6 Å². The first-order valence-electron chi connectivity index (χ1n) is 14.7. The van der Waals surface area contributed by atoms with Crippen LogP contribution in [0.2, 0.25) is 0 Å². The zero-order chi connectivity index (χ0) is 29.5. The molecule has 0 radical (unpaired) electrons. The molecular formula is C32H43N5O4. The molecule has 0 aromatic heterocycles. The molecule has 2 aliphatic heterocycles. The highest BCUT2D eigenvalue weighted by Crippen LogP contribution is 2.31. The number of carbonyl (C=O) groups excluding carboxylic acids is 4. The van der Waals surface area contributed by atoms with Crippen LogP contribution in [0.5, 0.6) is 0 Å². The molecule has 2 aromatic carbocycles. The fourth-order valence-corrected chi connectivity index (χ4v) is 5.76. The van der Waals surface area contributed by atoms with E-state index in [4.69, 9.17) is 0 Å². The largest absolute Gasteiger partial charge is 0.343 e. The fraction of sp³-hybridized carbons (Fsp3) is 0.500. The lowest BCUT2D eigenvalue weighted by molar-refractivity contribution is -0.147. The molecule has 2 saturated heterocycles. The lowest BCUT2D eigenvalue weighted by Crippen LogP contribution is -2.62. The summed E-state index contributed by atoms with van der Waals surface area (Å²) in [6, 6.07) is 16.9. The van der Waals surface area contributed by atoms with Crippen LogP contribution in [0.1, 0.15) is 63.6 Å². The Bertz CT molecular complexity index is 1170. The maximum Gasteiger partial charge on any atom is 0.247 e. The Labute approximate surface area is 243 Å². The smallest absolute Gasteiger partial charge is 0.247 e. The van der Waals surface area contributed by atoms with Gasteiger partial charge in [-0.1, -0.05) is 74.5 Å². The lowest BCUT2D eigenvalue weighted by Gasteiger charge is -2.39. The molecule has 2 aromatic rings. The summed E-state index contributed by atoms with van der Waals surface area (Å²) < 4.78 is 0. The third-order valence-corrected chi connectivity index (χ3v) is 8.12. The Morgan fingerprint density at radius 1 is 0.902 bits per heavy atom. The van der Waals surface area contributed by atoms with Crippen molar-refractivity contribution in [3.05, 3.63) is 71.8 Å². The molecule has 0 bridgehead atoms. The minimum absolute atomic E-state index is 0.0250. The molecule has 0 spiro atoms. The number of likely N-dealkylation sites (N-methyl/N-ethyl adjacent to an activating group) is 1. The van der Waals surface area contributed by atoms with Crippen molar-refractivity contribution in [3.63, 3.8) is 0 Å². The van der Waals surface area contributed by atoms with Crippen LogP contribution < -0.4 is 16.0 Å². The number of nitrogens with one attached hydrogen (secondary N) is 3. The first-order chi connectivity index (χ1) is 19.7. The second-order valence-corrected chi connectivity index (χ2v) is 11.6. The van der Waals surface area contributed by atoms with Crippen molar-refractivity contribution >= 4 is 23.6 Å². The van der Waals surface area contributed by atoms with Gasteiger partial charge in [-0.05, 0) is 50.3 Å². The number of nitrogens with zero attached hydrogens (tertiary/aromatic N) is 2. The summed E-state index contributed by atoms with van der Waals surface area (Å²) in [6.45, 7) is 6.24. The van der Waals surface area contributed by atoms with Gasteiger partial charge in [0.05, 0.1) is 12.1 Å². The second-order valence-electron chi connectivity index (χ2n) is 11.6. The van der Waals surface area contributed by atoms with Crippen molar-refractivity contribution in [2.24, 2.45) is 5.92 Å². The van der Waals surface area contributed by atoms with Crippen molar-refractivity contribution in [1.82, 2.24) is 25.8 Å². The maximum absolute atomic E-state index is 14.1. The van der Waals surface area contributed by atoms with E-state index in [2.05, 4.69) is 16.0 Å². The Morgan fingerprint density at radius 3 is 2.07 bits per heavy atom.